The highest BCUT2D eigenvalue weighted by molar-refractivity contribution is 7.89. The van der Waals surface area contributed by atoms with Crippen LogP contribution in [0.3, 0.4) is 0 Å². The van der Waals surface area contributed by atoms with Crippen LogP contribution < -0.4 is 10.1 Å². The standard InChI is InChI=1S/C11H17N3O5S/c1-8(15)7-14(11(16)17)13-20(18,19)10-5-3-4-9(6-10)12-2/h3-6,8,12-13,15H,7H2,1-2H3,(H,16,17). The SMILES string of the molecule is CNc1cccc(S(=O)(=O)NN(CC(C)O)C(=O)O)c1. The van der Waals surface area contributed by atoms with Crippen molar-refractivity contribution in [1.29, 1.82) is 0 Å². The van der Waals surface area contributed by atoms with Crippen LogP contribution in [0.5, 0.6) is 0 Å². The fraction of sp³-hybridized carbons (Fsp3) is 0.364. The summed E-state index contributed by atoms with van der Waals surface area (Å²) in [5, 5.41) is 21.3. The highest BCUT2D eigenvalue weighted by atomic mass is 32.2. The van der Waals surface area contributed by atoms with Crippen LogP contribution in [0, 0.1) is 0 Å². The van der Waals surface area contributed by atoms with Gasteiger partial charge in [0.15, 0.2) is 0 Å². The number of aliphatic hydroxyl groups excluding tert-OH is 1. The number of nitrogens with zero attached hydrogens (tertiary/aromatic N) is 1. The van der Waals surface area contributed by atoms with Gasteiger partial charge in [-0.15, -0.1) is 4.83 Å². The molecule has 0 saturated heterocycles. The maximum absolute atomic E-state index is 12.1. The molecule has 0 spiro atoms. The molecule has 1 aromatic rings. The van der Waals surface area contributed by atoms with E-state index in [1.54, 1.807) is 13.1 Å². The van der Waals surface area contributed by atoms with E-state index in [2.05, 4.69) is 5.32 Å². The Hall–Kier alpha value is -1.84. The number of rotatable bonds is 6. The minimum atomic E-state index is -4.04. The van der Waals surface area contributed by atoms with Crippen molar-refractivity contribution in [3.63, 3.8) is 0 Å². The molecule has 1 amide bonds. The number of hydrogen-bond acceptors (Lipinski definition) is 5. The minimum Gasteiger partial charge on any atom is -0.464 e. The Morgan fingerprint density at radius 1 is 1.45 bits per heavy atom. The van der Waals surface area contributed by atoms with E-state index in [4.69, 9.17) is 5.11 Å². The molecule has 0 fully saturated rings. The fourth-order valence-corrected chi connectivity index (χ4v) is 2.52. The summed E-state index contributed by atoms with van der Waals surface area (Å²) in [6, 6.07) is 5.90. The van der Waals surface area contributed by atoms with Gasteiger partial charge in [-0.3, -0.25) is 0 Å². The lowest BCUT2D eigenvalue weighted by atomic mass is 10.3. The van der Waals surface area contributed by atoms with Crippen molar-refractivity contribution < 1.29 is 23.4 Å². The number of sulfonamides is 1. The zero-order valence-corrected chi connectivity index (χ0v) is 11.9. The molecule has 1 atom stereocenters. The van der Waals surface area contributed by atoms with Crippen molar-refractivity contribution >= 4 is 21.8 Å². The van der Waals surface area contributed by atoms with Gasteiger partial charge in [0.2, 0.25) is 0 Å². The van der Waals surface area contributed by atoms with Gasteiger partial charge in [-0.2, -0.15) is 0 Å². The first kappa shape index (κ1) is 16.2. The van der Waals surface area contributed by atoms with Crippen LogP contribution in [0.1, 0.15) is 6.92 Å². The number of anilines is 1. The molecule has 0 heterocycles. The first-order valence-corrected chi connectivity index (χ1v) is 7.23. The number of nitrogens with one attached hydrogen (secondary N) is 2. The molecule has 0 saturated carbocycles. The molecular formula is C11H17N3O5S. The first-order valence-electron chi connectivity index (χ1n) is 5.75. The predicted molar refractivity (Wildman–Crippen MR) is 72.7 cm³/mol. The van der Waals surface area contributed by atoms with Crippen molar-refractivity contribution in [2.45, 2.75) is 17.9 Å². The van der Waals surface area contributed by atoms with E-state index in [1.165, 1.54) is 25.1 Å². The zero-order valence-electron chi connectivity index (χ0n) is 11.1. The Labute approximate surface area is 117 Å². The number of hydrazine groups is 1. The smallest absolute Gasteiger partial charge is 0.422 e. The third kappa shape index (κ3) is 4.37. The van der Waals surface area contributed by atoms with Crippen LogP contribution >= 0.6 is 0 Å². The van der Waals surface area contributed by atoms with Gasteiger partial charge in [-0.1, -0.05) is 6.07 Å². The number of aliphatic hydroxyl groups is 1. The second-order valence-electron chi connectivity index (χ2n) is 4.11. The van der Waals surface area contributed by atoms with E-state index in [-0.39, 0.29) is 11.4 Å². The third-order valence-corrected chi connectivity index (χ3v) is 3.68. The highest BCUT2D eigenvalue weighted by Gasteiger charge is 2.23. The van der Waals surface area contributed by atoms with E-state index in [1.807, 2.05) is 4.83 Å². The number of benzene rings is 1. The van der Waals surface area contributed by atoms with Gasteiger partial charge >= 0.3 is 6.09 Å². The van der Waals surface area contributed by atoms with Gasteiger partial charge in [-0.25, -0.2) is 18.2 Å². The van der Waals surface area contributed by atoms with Gasteiger partial charge in [0, 0.05) is 12.7 Å². The van der Waals surface area contributed by atoms with E-state index in [0.717, 1.165) is 0 Å². The van der Waals surface area contributed by atoms with E-state index in [0.29, 0.717) is 10.7 Å². The molecule has 0 aromatic heterocycles. The number of carboxylic acid groups (broad SMARTS) is 1. The summed E-state index contributed by atoms with van der Waals surface area (Å²) in [5.74, 6) is 0. The average Bonchev–Trinajstić information content (AvgIpc) is 2.37. The number of hydrogen-bond donors (Lipinski definition) is 4. The van der Waals surface area contributed by atoms with E-state index < -0.39 is 22.2 Å². The van der Waals surface area contributed by atoms with Crippen molar-refractivity contribution in [3.05, 3.63) is 24.3 Å². The summed E-state index contributed by atoms with van der Waals surface area (Å²) in [5.41, 5.74) is 0.574. The van der Waals surface area contributed by atoms with Crippen LogP contribution in [0.4, 0.5) is 10.5 Å². The summed E-state index contributed by atoms with van der Waals surface area (Å²) in [7, 11) is -2.40. The topological polar surface area (TPSA) is 119 Å². The van der Waals surface area contributed by atoms with Crippen LogP contribution in [0.25, 0.3) is 0 Å². The van der Waals surface area contributed by atoms with Crippen molar-refractivity contribution in [2.24, 2.45) is 0 Å². The first-order chi connectivity index (χ1) is 9.26. The van der Waals surface area contributed by atoms with Crippen molar-refractivity contribution in [1.82, 2.24) is 9.84 Å². The second-order valence-corrected chi connectivity index (χ2v) is 5.78. The summed E-state index contributed by atoms with van der Waals surface area (Å²) >= 11 is 0. The maximum atomic E-state index is 12.1. The Balaban J connectivity index is 3.00. The van der Waals surface area contributed by atoms with Gasteiger partial charge in [-0.05, 0) is 25.1 Å². The Morgan fingerprint density at radius 3 is 2.60 bits per heavy atom. The highest BCUT2D eigenvalue weighted by Crippen LogP contribution is 2.15. The average molecular weight is 303 g/mol. The molecule has 8 nitrogen and oxygen atoms in total. The molecule has 1 aromatic carbocycles. The number of amides is 1. The Bertz CT molecular complexity index is 573. The number of carbonyl (C=O) groups is 1. The van der Waals surface area contributed by atoms with E-state index >= 15 is 0 Å². The summed E-state index contributed by atoms with van der Waals surface area (Å²) < 4.78 is 24.1. The lowest BCUT2D eigenvalue weighted by molar-refractivity contribution is 0.0948. The predicted octanol–water partition coefficient (Wildman–Crippen LogP) is 0.282. The second kappa shape index (κ2) is 6.55. The van der Waals surface area contributed by atoms with Crippen molar-refractivity contribution in [3.8, 4) is 0 Å². The molecule has 0 aliphatic carbocycles. The van der Waals surface area contributed by atoms with Crippen LogP contribution in [-0.2, 0) is 10.0 Å². The normalized spacial score (nSPS) is 12.8. The van der Waals surface area contributed by atoms with Crippen LogP contribution in [-0.4, -0.2) is 49.4 Å². The maximum Gasteiger partial charge on any atom is 0.422 e. The van der Waals surface area contributed by atoms with Gasteiger partial charge in [0.1, 0.15) is 0 Å². The molecule has 1 unspecified atom stereocenters. The monoisotopic (exact) mass is 303 g/mol. The minimum absolute atomic E-state index is 0.0822. The molecule has 4 N–H and O–H groups in total. The van der Waals surface area contributed by atoms with Gasteiger partial charge < -0.3 is 15.5 Å². The molecule has 112 valence electrons. The fourth-order valence-electron chi connectivity index (χ4n) is 1.44. The molecule has 0 radical (unpaired) electrons. The molecular weight excluding hydrogens is 286 g/mol. The molecule has 1 rings (SSSR count). The summed E-state index contributed by atoms with van der Waals surface area (Å²) in [4.78, 5) is 12.8. The van der Waals surface area contributed by atoms with Crippen LogP contribution in [0.15, 0.2) is 29.2 Å². The molecule has 20 heavy (non-hydrogen) atoms. The van der Waals surface area contributed by atoms with Crippen LogP contribution in [0.2, 0.25) is 0 Å². The molecule has 9 heteroatoms. The molecule has 0 aliphatic rings. The lowest BCUT2D eigenvalue weighted by Crippen LogP contribution is -2.48. The zero-order chi connectivity index (χ0) is 15.3. The molecule has 0 bridgehead atoms. The third-order valence-electron chi connectivity index (χ3n) is 2.34. The van der Waals surface area contributed by atoms with Gasteiger partial charge in [0.25, 0.3) is 10.0 Å². The molecule has 0 aliphatic heterocycles. The van der Waals surface area contributed by atoms with Gasteiger partial charge in [0.05, 0.1) is 17.5 Å². The summed E-state index contributed by atoms with van der Waals surface area (Å²) in [6.45, 7) is 0.978. The Kier molecular flexibility index (Phi) is 5.31. The quantitative estimate of drug-likeness (QED) is 0.561. The largest absolute Gasteiger partial charge is 0.464 e. The van der Waals surface area contributed by atoms with E-state index in [9.17, 15) is 18.3 Å². The van der Waals surface area contributed by atoms with Crippen molar-refractivity contribution in [2.75, 3.05) is 18.9 Å². The Morgan fingerprint density at radius 2 is 2.10 bits per heavy atom. The summed E-state index contributed by atoms with van der Waals surface area (Å²) in [6.07, 6.45) is -2.50. The lowest BCUT2D eigenvalue weighted by Gasteiger charge is -2.21.